The van der Waals surface area contributed by atoms with Crippen molar-refractivity contribution in [2.45, 2.75) is 16.2 Å². The highest BCUT2D eigenvalue weighted by molar-refractivity contribution is 8.00. The molecule has 4 aromatic rings. The van der Waals surface area contributed by atoms with Crippen molar-refractivity contribution in [2.24, 2.45) is 5.92 Å². The van der Waals surface area contributed by atoms with E-state index >= 15 is 0 Å². The van der Waals surface area contributed by atoms with E-state index < -0.39 is 39.7 Å². The number of aromatic amines is 1. The highest BCUT2D eigenvalue weighted by Crippen LogP contribution is 2.54. The molecule has 3 heterocycles. The number of para-hydroxylation sites is 1. The fraction of sp³-hybridized carbons (Fsp3) is 0.143. The summed E-state index contributed by atoms with van der Waals surface area (Å²) >= 11 is 14.0. The van der Waals surface area contributed by atoms with Crippen LogP contribution in [-0.4, -0.2) is 39.5 Å². The van der Waals surface area contributed by atoms with Gasteiger partial charge in [0.1, 0.15) is 11.0 Å². The van der Waals surface area contributed by atoms with E-state index in [-0.39, 0.29) is 27.9 Å². The van der Waals surface area contributed by atoms with Crippen molar-refractivity contribution in [3.05, 3.63) is 107 Å². The van der Waals surface area contributed by atoms with Crippen LogP contribution in [0.25, 0.3) is 0 Å². The number of halogens is 2. The van der Waals surface area contributed by atoms with Crippen LogP contribution in [0.3, 0.4) is 0 Å². The second-order valence-corrected chi connectivity index (χ2v) is 12.5. The number of carbonyl (C=O) groups excluding carboxylic acids is 3. The van der Waals surface area contributed by atoms with Crippen LogP contribution in [0.1, 0.15) is 16.4 Å². The standard InChI is InChI=1S/C28H18Cl2N4O7S2/c29-17-10-5-13(11-18(17)30)31-20(35)12-41-19-4-2-1-3-16(19)21-22-24(42-25-23(21)43-28(38)32-25)27(37)33(26(22)36)14-6-8-15(9-7-14)34(39)40/h1-11,21-22,24H,12H2,(H,31,35)(H,32,38). The van der Waals surface area contributed by atoms with Crippen molar-refractivity contribution in [1.82, 2.24) is 4.98 Å². The molecule has 2 aliphatic heterocycles. The molecule has 6 rings (SSSR count). The van der Waals surface area contributed by atoms with Crippen molar-refractivity contribution in [1.29, 1.82) is 0 Å². The number of rotatable bonds is 7. The average Bonchev–Trinajstić information content (AvgIpc) is 3.48. The number of fused-ring (bicyclic) bond motifs is 2. The van der Waals surface area contributed by atoms with Crippen molar-refractivity contribution in [3.63, 3.8) is 0 Å². The molecule has 3 atom stereocenters. The summed E-state index contributed by atoms with van der Waals surface area (Å²) in [6.07, 6.45) is 0. The van der Waals surface area contributed by atoms with Crippen LogP contribution in [0.15, 0.2) is 76.6 Å². The number of hydrogen-bond donors (Lipinski definition) is 2. The van der Waals surface area contributed by atoms with Gasteiger partial charge in [-0.1, -0.05) is 64.5 Å². The van der Waals surface area contributed by atoms with Gasteiger partial charge in [0.25, 0.3) is 11.6 Å². The Morgan fingerprint density at radius 1 is 1.02 bits per heavy atom. The lowest BCUT2D eigenvalue weighted by atomic mass is 9.82. The number of nitro benzene ring substituents is 1. The first-order chi connectivity index (χ1) is 20.6. The van der Waals surface area contributed by atoms with E-state index in [4.69, 9.17) is 27.9 Å². The molecule has 2 N–H and O–H groups in total. The fourth-order valence-corrected chi connectivity index (χ4v) is 7.92. The summed E-state index contributed by atoms with van der Waals surface area (Å²) in [7, 11) is 0. The van der Waals surface area contributed by atoms with Gasteiger partial charge in [0, 0.05) is 34.2 Å². The Labute approximate surface area is 260 Å². The number of carbonyl (C=O) groups is 3. The van der Waals surface area contributed by atoms with Crippen LogP contribution in [0.5, 0.6) is 5.75 Å². The number of non-ortho nitro benzene ring substituents is 1. The third-order valence-electron chi connectivity index (χ3n) is 6.96. The molecule has 15 heteroatoms. The molecule has 43 heavy (non-hydrogen) atoms. The first kappa shape index (κ1) is 28.9. The Balaban J connectivity index is 1.32. The fourth-order valence-electron chi connectivity index (χ4n) is 5.11. The topological polar surface area (TPSA) is 152 Å². The normalized spacial score (nSPS) is 19.1. The van der Waals surface area contributed by atoms with E-state index in [9.17, 15) is 29.3 Å². The summed E-state index contributed by atoms with van der Waals surface area (Å²) in [5, 5.41) is 14.0. The molecule has 3 unspecified atom stereocenters. The summed E-state index contributed by atoms with van der Waals surface area (Å²) in [4.78, 5) is 67.3. The van der Waals surface area contributed by atoms with Gasteiger partial charge in [-0.25, -0.2) is 4.90 Å². The molecular formula is C28H18Cl2N4O7S2. The van der Waals surface area contributed by atoms with Gasteiger partial charge in [-0.3, -0.25) is 29.3 Å². The molecule has 0 radical (unpaired) electrons. The van der Waals surface area contributed by atoms with E-state index in [1.165, 1.54) is 30.3 Å². The molecule has 218 valence electrons. The predicted octanol–water partition coefficient (Wildman–Crippen LogP) is 5.46. The lowest BCUT2D eigenvalue weighted by Crippen LogP contribution is -2.32. The summed E-state index contributed by atoms with van der Waals surface area (Å²) in [5.41, 5.74) is 0.964. The number of aromatic nitrogens is 1. The SMILES string of the molecule is O=C(COc1ccccc1C1c2sc(=O)[nH]c2SC2C(=O)N(c3ccc([N+](=O)[O-])cc3)C(=O)C21)Nc1ccc(Cl)c(Cl)c1. The van der Waals surface area contributed by atoms with Crippen LogP contribution in [0.4, 0.5) is 17.1 Å². The third-order valence-corrected chi connectivity index (χ3v) is 10.1. The van der Waals surface area contributed by atoms with E-state index in [0.717, 1.165) is 28.0 Å². The minimum Gasteiger partial charge on any atom is -0.483 e. The number of thiazole rings is 1. The first-order valence-corrected chi connectivity index (χ1v) is 15.1. The molecule has 3 amide bonds. The smallest absolute Gasteiger partial charge is 0.305 e. The maximum Gasteiger partial charge on any atom is 0.305 e. The number of amides is 3. The monoisotopic (exact) mass is 656 g/mol. The Morgan fingerprint density at radius 3 is 2.49 bits per heavy atom. The molecule has 1 saturated heterocycles. The number of thioether (sulfide) groups is 1. The zero-order valence-electron chi connectivity index (χ0n) is 21.6. The largest absolute Gasteiger partial charge is 0.483 e. The zero-order chi connectivity index (χ0) is 30.4. The number of nitrogens with zero attached hydrogens (tertiary/aromatic N) is 2. The number of H-pyrrole nitrogens is 1. The van der Waals surface area contributed by atoms with E-state index in [2.05, 4.69) is 10.3 Å². The predicted molar refractivity (Wildman–Crippen MR) is 163 cm³/mol. The van der Waals surface area contributed by atoms with Crippen molar-refractivity contribution in [3.8, 4) is 5.75 Å². The minimum atomic E-state index is -0.915. The quantitative estimate of drug-likeness (QED) is 0.151. The van der Waals surface area contributed by atoms with Gasteiger partial charge in [-0.05, 0) is 36.4 Å². The van der Waals surface area contributed by atoms with Gasteiger partial charge in [-0.15, -0.1) is 0 Å². The Kier molecular flexibility index (Phi) is 7.73. The van der Waals surface area contributed by atoms with Crippen molar-refractivity contribution in [2.75, 3.05) is 16.8 Å². The number of imide groups is 1. The number of hydrogen-bond acceptors (Lipinski definition) is 9. The molecule has 0 saturated carbocycles. The first-order valence-electron chi connectivity index (χ1n) is 12.6. The number of ether oxygens (including phenoxy) is 1. The maximum atomic E-state index is 14.0. The van der Waals surface area contributed by atoms with Gasteiger partial charge >= 0.3 is 4.87 Å². The van der Waals surface area contributed by atoms with Gasteiger partial charge < -0.3 is 15.0 Å². The highest BCUT2D eigenvalue weighted by Gasteiger charge is 2.56. The zero-order valence-corrected chi connectivity index (χ0v) is 24.8. The lowest BCUT2D eigenvalue weighted by molar-refractivity contribution is -0.384. The van der Waals surface area contributed by atoms with Crippen molar-refractivity contribution < 1.29 is 24.0 Å². The van der Waals surface area contributed by atoms with E-state index in [1.807, 2.05) is 0 Å². The highest BCUT2D eigenvalue weighted by atomic mass is 35.5. The summed E-state index contributed by atoms with van der Waals surface area (Å²) in [5.74, 6) is -2.87. The number of benzene rings is 3. The number of nitrogens with one attached hydrogen (secondary N) is 2. The minimum absolute atomic E-state index is 0.179. The molecule has 0 spiro atoms. The molecule has 3 aromatic carbocycles. The van der Waals surface area contributed by atoms with Gasteiger partial charge in [0.15, 0.2) is 6.61 Å². The molecule has 1 aromatic heterocycles. The van der Waals surface area contributed by atoms with Gasteiger partial charge in [0.05, 0.1) is 31.6 Å². The van der Waals surface area contributed by atoms with Crippen LogP contribution in [0.2, 0.25) is 10.0 Å². The Hall–Kier alpha value is -4.17. The van der Waals surface area contributed by atoms with E-state index in [1.54, 1.807) is 36.4 Å². The lowest BCUT2D eigenvalue weighted by Gasteiger charge is -2.30. The Morgan fingerprint density at radius 2 is 1.77 bits per heavy atom. The molecule has 2 aliphatic rings. The molecule has 1 fully saturated rings. The molecule has 0 bridgehead atoms. The maximum absolute atomic E-state index is 14.0. The average molecular weight is 658 g/mol. The Bertz CT molecular complexity index is 1860. The van der Waals surface area contributed by atoms with Crippen LogP contribution < -0.4 is 19.8 Å². The third kappa shape index (κ3) is 5.40. The summed E-state index contributed by atoms with van der Waals surface area (Å²) in [6, 6.07) is 16.6. The van der Waals surface area contributed by atoms with Crippen LogP contribution in [-0.2, 0) is 14.4 Å². The van der Waals surface area contributed by atoms with E-state index in [0.29, 0.717) is 31.9 Å². The van der Waals surface area contributed by atoms with Gasteiger partial charge in [0.2, 0.25) is 11.8 Å². The summed E-state index contributed by atoms with van der Waals surface area (Å²) < 4.78 is 5.92. The number of anilines is 2. The summed E-state index contributed by atoms with van der Waals surface area (Å²) in [6.45, 7) is -0.384. The second-order valence-electron chi connectivity index (χ2n) is 9.54. The molecular weight excluding hydrogens is 639 g/mol. The van der Waals surface area contributed by atoms with Crippen LogP contribution >= 0.6 is 46.3 Å². The molecule has 11 nitrogen and oxygen atoms in total. The van der Waals surface area contributed by atoms with Crippen molar-refractivity contribution >= 4 is 81.1 Å². The second kappa shape index (κ2) is 11.5. The van der Waals surface area contributed by atoms with Gasteiger partial charge in [-0.2, -0.15) is 0 Å². The van der Waals surface area contributed by atoms with Crippen LogP contribution in [0, 0.1) is 16.0 Å². The number of nitro groups is 1. The molecule has 0 aliphatic carbocycles.